The van der Waals surface area contributed by atoms with Crippen molar-refractivity contribution in [3.05, 3.63) is 23.8 Å². The second-order valence-corrected chi connectivity index (χ2v) is 5.53. The molecule has 0 spiro atoms. The molecule has 4 rings (SSSR count). The van der Waals surface area contributed by atoms with E-state index in [-0.39, 0.29) is 24.3 Å². The summed E-state index contributed by atoms with van der Waals surface area (Å²) in [5.74, 6) is 0.833. The first-order valence-corrected chi connectivity index (χ1v) is 7.07. The summed E-state index contributed by atoms with van der Waals surface area (Å²) in [7, 11) is 0. The standard InChI is InChI=1S/C15H17NO3/c1-2-9-6-7-10-13(8-9)18-11-4-3-5-12-14(11)16(10)15(17)19-12/h6-8,11-12,14H,2-5H2,1H3/t11-,12+,14-/m1/s1. The van der Waals surface area contributed by atoms with Gasteiger partial charge >= 0.3 is 6.09 Å². The van der Waals surface area contributed by atoms with Gasteiger partial charge in [-0.25, -0.2) is 4.79 Å². The number of benzene rings is 1. The quantitative estimate of drug-likeness (QED) is 0.778. The van der Waals surface area contributed by atoms with E-state index in [1.807, 2.05) is 11.0 Å². The summed E-state index contributed by atoms with van der Waals surface area (Å²) in [4.78, 5) is 13.9. The second-order valence-electron chi connectivity index (χ2n) is 5.53. The summed E-state index contributed by atoms with van der Waals surface area (Å²) in [5.41, 5.74) is 2.10. The van der Waals surface area contributed by atoms with Crippen LogP contribution in [0.2, 0.25) is 0 Å². The van der Waals surface area contributed by atoms with Crippen molar-refractivity contribution >= 4 is 11.8 Å². The largest absolute Gasteiger partial charge is 0.486 e. The molecule has 3 atom stereocenters. The molecule has 3 aliphatic rings. The number of carbonyl (C=O) groups excluding carboxylic acids is 1. The fourth-order valence-electron chi connectivity index (χ4n) is 3.49. The lowest BCUT2D eigenvalue weighted by molar-refractivity contribution is 0.0524. The van der Waals surface area contributed by atoms with Crippen molar-refractivity contribution in [1.29, 1.82) is 0 Å². The average molecular weight is 259 g/mol. The lowest BCUT2D eigenvalue weighted by Crippen LogP contribution is -2.53. The number of ether oxygens (including phenoxy) is 2. The topological polar surface area (TPSA) is 38.8 Å². The third-order valence-electron chi connectivity index (χ3n) is 4.46. The van der Waals surface area contributed by atoms with Crippen molar-refractivity contribution in [3.63, 3.8) is 0 Å². The highest BCUT2D eigenvalue weighted by atomic mass is 16.6. The summed E-state index contributed by atoms with van der Waals surface area (Å²) in [5, 5.41) is 0. The molecule has 2 heterocycles. The van der Waals surface area contributed by atoms with E-state index in [2.05, 4.69) is 19.1 Å². The molecule has 1 aliphatic carbocycles. The molecule has 1 saturated carbocycles. The van der Waals surface area contributed by atoms with Crippen molar-refractivity contribution in [2.45, 2.75) is 50.9 Å². The molecule has 4 heteroatoms. The van der Waals surface area contributed by atoms with Crippen molar-refractivity contribution in [1.82, 2.24) is 0 Å². The number of carbonyl (C=O) groups is 1. The maximum Gasteiger partial charge on any atom is 0.415 e. The van der Waals surface area contributed by atoms with Crippen molar-refractivity contribution in [2.75, 3.05) is 4.90 Å². The zero-order valence-electron chi connectivity index (χ0n) is 11.0. The Morgan fingerprint density at radius 3 is 2.84 bits per heavy atom. The molecule has 0 radical (unpaired) electrons. The summed E-state index contributed by atoms with van der Waals surface area (Å²) in [6.07, 6.45) is 3.87. The number of anilines is 1. The van der Waals surface area contributed by atoms with Gasteiger partial charge in [-0.05, 0) is 43.4 Å². The first-order valence-electron chi connectivity index (χ1n) is 7.07. The highest BCUT2D eigenvalue weighted by Gasteiger charge is 2.52. The fraction of sp³-hybridized carbons (Fsp3) is 0.533. The van der Waals surface area contributed by atoms with E-state index in [9.17, 15) is 4.79 Å². The van der Waals surface area contributed by atoms with Crippen LogP contribution < -0.4 is 9.64 Å². The van der Waals surface area contributed by atoms with Crippen LogP contribution in [-0.2, 0) is 11.2 Å². The van der Waals surface area contributed by atoms with Gasteiger partial charge in [-0.1, -0.05) is 13.0 Å². The molecule has 0 N–H and O–H groups in total. The molecule has 0 bridgehead atoms. The van der Waals surface area contributed by atoms with Crippen LogP contribution in [0.25, 0.3) is 0 Å². The zero-order chi connectivity index (χ0) is 13.0. The molecular formula is C15H17NO3. The first kappa shape index (κ1) is 11.1. The minimum absolute atomic E-state index is 0.00486. The Morgan fingerprint density at radius 2 is 2.05 bits per heavy atom. The molecule has 0 aromatic heterocycles. The Labute approximate surface area is 112 Å². The highest BCUT2D eigenvalue weighted by Crippen LogP contribution is 2.45. The zero-order valence-corrected chi connectivity index (χ0v) is 11.0. The molecule has 0 unspecified atom stereocenters. The molecule has 2 aliphatic heterocycles. The van der Waals surface area contributed by atoms with Crippen molar-refractivity contribution in [3.8, 4) is 5.75 Å². The molecular weight excluding hydrogens is 242 g/mol. The Morgan fingerprint density at radius 1 is 1.26 bits per heavy atom. The van der Waals surface area contributed by atoms with Crippen molar-refractivity contribution < 1.29 is 14.3 Å². The van der Waals surface area contributed by atoms with E-state index < -0.39 is 0 Å². The Balaban J connectivity index is 1.82. The summed E-state index contributed by atoms with van der Waals surface area (Å²) in [6.45, 7) is 2.12. The molecule has 100 valence electrons. The van der Waals surface area contributed by atoms with Gasteiger partial charge in [-0.3, -0.25) is 4.90 Å². The Hall–Kier alpha value is -1.71. The van der Waals surface area contributed by atoms with E-state index in [4.69, 9.17) is 9.47 Å². The third-order valence-corrected chi connectivity index (χ3v) is 4.46. The van der Waals surface area contributed by atoms with Gasteiger partial charge in [-0.2, -0.15) is 0 Å². The van der Waals surface area contributed by atoms with E-state index in [1.165, 1.54) is 5.56 Å². The smallest absolute Gasteiger partial charge is 0.415 e. The normalized spacial score (nSPS) is 31.3. The maximum absolute atomic E-state index is 12.1. The second kappa shape index (κ2) is 3.89. The average Bonchev–Trinajstić information content (AvgIpc) is 2.77. The number of aryl methyl sites for hydroxylation is 1. The molecule has 1 saturated heterocycles. The molecule has 1 aromatic carbocycles. The summed E-state index contributed by atoms with van der Waals surface area (Å²) < 4.78 is 11.6. The van der Waals surface area contributed by atoms with Crippen molar-refractivity contribution in [2.24, 2.45) is 0 Å². The Bertz CT molecular complexity index is 542. The van der Waals surface area contributed by atoms with Crippen LogP contribution >= 0.6 is 0 Å². The monoisotopic (exact) mass is 259 g/mol. The lowest BCUT2D eigenvalue weighted by atomic mass is 9.88. The SMILES string of the molecule is CCc1ccc2c(c1)O[C@@H]1CCC[C@@H]3OC(=O)N2[C@@H]31. The van der Waals surface area contributed by atoms with Gasteiger partial charge in [0.05, 0.1) is 5.69 Å². The van der Waals surface area contributed by atoms with E-state index in [1.54, 1.807) is 0 Å². The molecule has 19 heavy (non-hydrogen) atoms. The van der Waals surface area contributed by atoms with Crippen LogP contribution in [0.3, 0.4) is 0 Å². The fourth-order valence-corrected chi connectivity index (χ4v) is 3.49. The van der Waals surface area contributed by atoms with Crippen LogP contribution in [0.1, 0.15) is 31.7 Å². The number of fused-ring (bicyclic) bond motifs is 2. The molecule has 1 amide bonds. The lowest BCUT2D eigenvalue weighted by Gasteiger charge is -2.40. The van der Waals surface area contributed by atoms with E-state index >= 15 is 0 Å². The summed E-state index contributed by atoms with van der Waals surface area (Å²) in [6, 6.07) is 6.18. The molecule has 1 aromatic rings. The first-order chi connectivity index (χ1) is 9.28. The van der Waals surface area contributed by atoms with Gasteiger partial charge < -0.3 is 9.47 Å². The van der Waals surface area contributed by atoms with E-state index in [0.29, 0.717) is 0 Å². The van der Waals surface area contributed by atoms with Gasteiger partial charge in [-0.15, -0.1) is 0 Å². The number of amides is 1. The minimum Gasteiger partial charge on any atom is -0.486 e. The number of hydrogen-bond donors (Lipinski definition) is 0. The summed E-state index contributed by atoms with van der Waals surface area (Å²) >= 11 is 0. The van der Waals surface area contributed by atoms with Crippen LogP contribution in [0.5, 0.6) is 5.75 Å². The van der Waals surface area contributed by atoms with Gasteiger partial charge in [0, 0.05) is 0 Å². The minimum atomic E-state index is -0.212. The predicted molar refractivity (Wildman–Crippen MR) is 70.6 cm³/mol. The molecule has 2 fully saturated rings. The number of nitrogens with zero attached hydrogens (tertiary/aromatic N) is 1. The predicted octanol–water partition coefficient (Wildman–Crippen LogP) is 2.89. The van der Waals surface area contributed by atoms with Gasteiger partial charge in [0.1, 0.15) is 24.0 Å². The van der Waals surface area contributed by atoms with Crippen LogP contribution in [0.15, 0.2) is 18.2 Å². The molecule has 4 nitrogen and oxygen atoms in total. The number of rotatable bonds is 1. The van der Waals surface area contributed by atoms with Crippen LogP contribution in [0.4, 0.5) is 10.5 Å². The Kier molecular flexibility index (Phi) is 2.28. The van der Waals surface area contributed by atoms with Gasteiger partial charge in [0.15, 0.2) is 0 Å². The third kappa shape index (κ3) is 1.49. The highest BCUT2D eigenvalue weighted by molar-refractivity contribution is 5.93. The maximum atomic E-state index is 12.1. The van der Waals surface area contributed by atoms with E-state index in [0.717, 1.165) is 37.1 Å². The van der Waals surface area contributed by atoms with Crippen LogP contribution in [-0.4, -0.2) is 24.3 Å². The van der Waals surface area contributed by atoms with Gasteiger partial charge in [0.25, 0.3) is 0 Å². The van der Waals surface area contributed by atoms with Crippen LogP contribution in [0, 0.1) is 0 Å². The number of hydrogen-bond acceptors (Lipinski definition) is 3. The van der Waals surface area contributed by atoms with Gasteiger partial charge in [0.2, 0.25) is 0 Å².